The van der Waals surface area contributed by atoms with Crippen LogP contribution in [0.2, 0.25) is 0 Å². The van der Waals surface area contributed by atoms with Gasteiger partial charge in [-0.1, -0.05) is 18.2 Å². The Labute approximate surface area is 102 Å². The number of pyridine rings is 1. The number of aryl methyl sites for hydroxylation is 1. The van der Waals surface area contributed by atoms with Gasteiger partial charge in [0.2, 0.25) is 0 Å². The van der Waals surface area contributed by atoms with Crippen LogP contribution in [0.3, 0.4) is 0 Å². The third kappa shape index (κ3) is 1.60. The topological polar surface area (TPSA) is 56.0 Å². The number of benzene rings is 1. The fraction of sp³-hybridized carbons (Fsp3) is 0.231. The van der Waals surface area contributed by atoms with Crippen molar-refractivity contribution in [2.24, 2.45) is 5.40 Å². The molecule has 84 valence electrons. The van der Waals surface area contributed by atoms with Crippen molar-refractivity contribution >= 4 is 31.6 Å². The highest BCUT2D eigenvalue weighted by Gasteiger charge is 2.23. The van der Waals surface area contributed by atoms with Gasteiger partial charge in [0.15, 0.2) is 15.5 Å². The molecule has 1 aliphatic carbocycles. The van der Waals surface area contributed by atoms with E-state index in [1.807, 2.05) is 24.3 Å². The highest BCUT2D eigenvalue weighted by atomic mass is 28.2. The first-order chi connectivity index (χ1) is 8.31. The molecule has 3 rings (SSSR count). The number of nitrogens with zero attached hydrogens (tertiary/aromatic N) is 1. The van der Waals surface area contributed by atoms with Crippen LogP contribution in [-0.4, -0.2) is 20.4 Å². The van der Waals surface area contributed by atoms with Gasteiger partial charge in [0.25, 0.3) is 0 Å². The molecular formula is C13H12N2OSi. The second-order valence-electron chi connectivity index (χ2n) is 4.25. The molecule has 0 aliphatic heterocycles. The number of para-hydroxylation sites is 1. The van der Waals surface area contributed by atoms with Crippen molar-refractivity contribution in [2.75, 3.05) is 0 Å². The highest BCUT2D eigenvalue weighted by molar-refractivity contribution is 6.56. The number of hydrogen-bond donors (Lipinski definition) is 1. The largest absolute Gasteiger partial charge is 0.349 e. The van der Waals surface area contributed by atoms with Crippen LogP contribution >= 0.6 is 0 Å². The SMILES string of the molecule is N[Si]c1c2c(nc3ccccc13)CCCC2=O. The quantitative estimate of drug-likeness (QED) is 0.755. The summed E-state index contributed by atoms with van der Waals surface area (Å²) in [6.07, 6.45) is 2.43. The number of carbonyl (C=O) groups is 1. The van der Waals surface area contributed by atoms with E-state index in [0.29, 0.717) is 6.42 Å². The van der Waals surface area contributed by atoms with Gasteiger partial charge < -0.3 is 5.40 Å². The molecule has 1 heterocycles. The lowest BCUT2D eigenvalue weighted by Crippen LogP contribution is -2.33. The number of Topliss-reactive ketones (excluding diaryl/α,β-unsaturated/α-hetero) is 1. The van der Waals surface area contributed by atoms with Crippen molar-refractivity contribution in [3.05, 3.63) is 35.5 Å². The summed E-state index contributed by atoms with van der Waals surface area (Å²) in [6.45, 7) is 0. The van der Waals surface area contributed by atoms with E-state index in [1.54, 1.807) is 0 Å². The molecule has 0 saturated heterocycles. The normalized spacial score (nSPS) is 15.0. The van der Waals surface area contributed by atoms with Gasteiger partial charge in [-0.15, -0.1) is 0 Å². The standard InChI is InChI=1S/C13H12N2OSi/c14-17-13-8-4-1-2-5-9(8)15-10-6-3-7-11(16)12(10)13/h1-2,4-5H,3,6-7,14H2. The molecule has 0 amide bonds. The molecule has 0 unspecified atom stereocenters. The van der Waals surface area contributed by atoms with Crippen molar-refractivity contribution in [3.63, 3.8) is 0 Å². The number of aromatic nitrogens is 1. The Kier molecular flexibility index (Phi) is 2.53. The minimum Gasteiger partial charge on any atom is -0.349 e. The van der Waals surface area contributed by atoms with Gasteiger partial charge in [0, 0.05) is 17.4 Å². The van der Waals surface area contributed by atoms with Gasteiger partial charge in [0.05, 0.1) is 11.2 Å². The second-order valence-corrected chi connectivity index (χ2v) is 5.04. The first-order valence-corrected chi connectivity index (χ1v) is 6.80. The van der Waals surface area contributed by atoms with E-state index in [2.05, 4.69) is 4.98 Å². The molecule has 2 radical (unpaired) electrons. The predicted octanol–water partition coefficient (Wildman–Crippen LogP) is 0.957. The lowest BCUT2D eigenvalue weighted by Gasteiger charge is -2.18. The Morgan fingerprint density at radius 3 is 2.88 bits per heavy atom. The van der Waals surface area contributed by atoms with Gasteiger partial charge in [0.1, 0.15) is 0 Å². The summed E-state index contributed by atoms with van der Waals surface area (Å²) in [5.74, 6) is 0.206. The summed E-state index contributed by atoms with van der Waals surface area (Å²) in [4.78, 5) is 16.6. The number of fused-ring (bicyclic) bond motifs is 2. The summed E-state index contributed by atoms with van der Waals surface area (Å²) in [5.41, 5.74) is 2.69. The van der Waals surface area contributed by atoms with E-state index in [1.165, 1.54) is 0 Å². The Morgan fingerprint density at radius 2 is 2.06 bits per heavy atom. The van der Waals surface area contributed by atoms with E-state index >= 15 is 0 Å². The molecule has 0 atom stereocenters. The molecule has 1 aromatic heterocycles. The first kappa shape index (κ1) is 10.6. The maximum atomic E-state index is 12.0. The summed E-state index contributed by atoms with van der Waals surface area (Å²) in [6, 6.07) is 7.92. The van der Waals surface area contributed by atoms with Crippen molar-refractivity contribution in [1.29, 1.82) is 0 Å². The van der Waals surface area contributed by atoms with E-state index in [4.69, 9.17) is 5.40 Å². The molecule has 17 heavy (non-hydrogen) atoms. The minimum atomic E-state index is 0.148. The third-order valence-corrected chi connectivity index (χ3v) is 4.02. The van der Waals surface area contributed by atoms with Gasteiger partial charge in [-0.25, -0.2) is 0 Å². The molecule has 0 fully saturated rings. The van der Waals surface area contributed by atoms with Crippen molar-refractivity contribution in [1.82, 2.24) is 4.98 Å². The maximum Gasteiger partial charge on any atom is 0.178 e. The second kappa shape index (κ2) is 4.05. The van der Waals surface area contributed by atoms with Crippen molar-refractivity contribution in [2.45, 2.75) is 19.3 Å². The Bertz CT molecular complexity index is 610. The zero-order valence-corrected chi connectivity index (χ0v) is 10.4. The number of ketones is 1. The average molecular weight is 240 g/mol. The molecule has 0 spiro atoms. The van der Waals surface area contributed by atoms with E-state index in [9.17, 15) is 4.79 Å². The van der Waals surface area contributed by atoms with E-state index in [-0.39, 0.29) is 15.5 Å². The van der Waals surface area contributed by atoms with E-state index in [0.717, 1.165) is 40.2 Å². The summed E-state index contributed by atoms with van der Waals surface area (Å²) < 4.78 is 0. The highest BCUT2D eigenvalue weighted by Crippen LogP contribution is 2.21. The lowest BCUT2D eigenvalue weighted by molar-refractivity contribution is 0.0973. The fourth-order valence-electron chi connectivity index (χ4n) is 2.44. The number of nitrogens with two attached hydrogens (primary N) is 1. The van der Waals surface area contributed by atoms with Crippen LogP contribution in [-0.2, 0) is 6.42 Å². The zero-order chi connectivity index (χ0) is 11.8. The van der Waals surface area contributed by atoms with Crippen LogP contribution in [0.4, 0.5) is 0 Å². The Balaban J connectivity index is 2.40. The Morgan fingerprint density at radius 1 is 1.24 bits per heavy atom. The molecular weight excluding hydrogens is 228 g/mol. The number of carbonyl (C=O) groups excluding carboxylic acids is 1. The van der Waals surface area contributed by atoms with Crippen LogP contribution in [0.5, 0.6) is 0 Å². The molecule has 1 aliphatic rings. The fourth-order valence-corrected chi connectivity index (χ4v) is 3.23. The minimum absolute atomic E-state index is 0.148. The van der Waals surface area contributed by atoms with Crippen LogP contribution in [0.25, 0.3) is 10.9 Å². The van der Waals surface area contributed by atoms with E-state index < -0.39 is 0 Å². The van der Waals surface area contributed by atoms with Crippen LogP contribution in [0, 0.1) is 0 Å². The molecule has 0 saturated carbocycles. The van der Waals surface area contributed by atoms with Gasteiger partial charge in [-0.05, 0) is 24.1 Å². The van der Waals surface area contributed by atoms with Gasteiger partial charge >= 0.3 is 0 Å². The lowest BCUT2D eigenvalue weighted by atomic mass is 9.93. The van der Waals surface area contributed by atoms with Crippen LogP contribution in [0.15, 0.2) is 24.3 Å². The molecule has 2 aromatic rings. The number of rotatable bonds is 1. The Hall–Kier alpha value is -1.52. The monoisotopic (exact) mass is 240 g/mol. The maximum absolute atomic E-state index is 12.0. The molecule has 0 bridgehead atoms. The summed E-state index contributed by atoms with van der Waals surface area (Å²) >= 11 is 0. The zero-order valence-electron chi connectivity index (χ0n) is 9.36. The smallest absolute Gasteiger partial charge is 0.178 e. The molecule has 1 aromatic carbocycles. The summed E-state index contributed by atoms with van der Waals surface area (Å²) in [7, 11) is 0.148. The first-order valence-electron chi connectivity index (χ1n) is 5.72. The van der Waals surface area contributed by atoms with Gasteiger partial charge in [-0.3, -0.25) is 9.78 Å². The predicted molar refractivity (Wildman–Crippen MR) is 68.6 cm³/mol. The third-order valence-electron chi connectivity index (χ3n) is 3.21. The van der Waals surface area contributed by atoms with Gasteiger partial charge in [-0.2, -0.15) is 0 Å². The number of hydrogen-bond acceptors (Lipinski definition) is 3. The van der Waals surface area contributed by atoms with Crippen LogP contribution in [0.1, 0.15) is 28.9 Å². The van der Waals surface area contributed by atoms with Crippen molar-refractivity contribution < 1.29 is 4.79 Å². The molecule has 4 heteroatoms. The molecule has 2 N–H and O–H groups in total. The van der Waals surface area contributed by atoms with Crippen LogP contribution < -0.4 is 10.6 Å². The summed E-state index contributed by atoms with van der Waals surface area (Å²) in [5, 5.41) is 7.88. The molecule has 3 nitrogen and oxygen atoms in total. The average Bonchev–Trinajstić information content (AvgIpc) is 2.36. The van der Waals surface area contributed by atoms with Crippen molar-refractivity contribution in [3.8, 4) is 0 Å².